The predicted molar refractivity (Wildman–Crippen MR) is 144 cm³/mol. The summed E-state index contributed by atoms with van der Waals surface area (Å²) in [6, 6.07) is 13.2. The standard InChI is InChI=1S/C30H40FN3O3/c1-22(35)32-29(23-8-3-2-4-9-23)25(24-10-5-6-11-26(24)31)14-15-33-16-18-34(19-17-33)27-12-7-13-28-30(27)37-21-20-36-28/h5-7,10-13,23,25,29H,2-4,8-9,14-21H2,1H3,(H,32,35). The molecule has 1 amide bonds. The molecule has 1 N–H and O–H groups in total. The van der Waals surface area contributed by atoms with Crippen LogP contribution in [0.15, 0.2) is 42.5 Å². The van der Waals surface area contributed by atoms with Crippen molar-refractivity contribution in [1.82, 2.24) is 10.2 Å². The van der Waals surface area contributed by atoms with Crippen molar-refractivity contribution in [3.8, 4) is 11.5 Å². The minimum absolute atomic E-state index is 0.0251. The van der Waals surface area contributed by atoms with Crippen molar-refractivity contribution in [2.45, 2.75) is 57.4 Å². The maximum atomic E-state index is 15.1. The topological polar surface area (TPSA) is 54.0 Å². The van der Waals surface area contributed by atoms with Gasteiger partial charge in [-0.3, -0.25) is 9.69 Å². The number of amides is 1. The first-order chi connectivity index (χ1) is 18.1. The number of rotatable bonds is 8. The first-order valence-electron chi connectivity index (χ1n) is 14.0. The van der Waals surface area contributed by atoms with Gasteiger partial charge in [0.05, 0.1) is 5.69 Å². The van der Waals surface area contributed by atoms with Crippen molar-refractivity contribution in [3.05, 3.63) is 53.8 Å². The number of nitrogens with zero attached hydrogens (tertiary/aromatic N) is 2. The van der Waals surface area contributed by atoms with Crippen LogP contribution in [0.25, 0.3) is 0 Å². The fraction of sp³-hybridized carbons (Fsp3) is 0.567. The molecule has 0 aromatic heterocycles. The van der Waals surface area contributed by atoms with Gasteiger partial charge in [-0.1, -0.05) is 43.5 Å². The molecule has 0 spiro atoms. The third kappa shape index (κ3) is 6.20. The number of carbonyl (C=O) groups is 1. The molecule has 37 heavy (non-hydrogen) atoms. The number of nitrogens with one attached hydrogen (secondary N) is 1. The molecule has 3 aliphatic rings. The summed E-state index contributed by atoms with van der Waals surface area (Å²) in [5, 5.41) is 3.26. The number of benzene rings is 2. The summed E-state index contributed by atoms with van der Waals surface area (Å²) in [6.07, 6.45) is 6.64. The van der Waals surface area contributed by atoms with E-state index in [9.17, 15) is 4.79 Å². The zero-order valence-electron chi connectivity index (χ0n) is 22.0. The summed E-state index contributed by atoms with van der Waals surface area (Å²) in [6.45, 7) is 7.31. The van der Waals surface area contributed by atoms with E-state index in [4.69, 9.17) is 9.47 Å². The fourth-order valence-corrected chi connectivity index (χ4v) is 6.42. The third-order valence-electron chi connectivity index (χ3n) is 8.28. The van der Waals surface area contributed by atoms with E-state index in [2.05, 4.69) is 21.2 Å². The molecule has 5 rings (SSSR count). The summed E-state index contributed by atoms with van der Waals surface area (Å²) >= 11 is 0. The van der Waals surface area contributed by atoms with Crippen molar-refractivity contribution in [3.63, 3.8) is 0 Å². The number of para-hydroxylation sites is 1. The Kier molecular flexibility index (Phi) is 8.49. The molecule has 2 heterocycles. The van der Waals surface area contributed by atoms with Crippen LogP contribution in [0.4, 0.5) is 10.1 Å². The fourth-order valence-electron chi connectivity index (χ4n) is 6.42. The summed E-state index contributed by atoms with van der Waals surface area (Å²) in [5.41, 5.74) is 1.84. The smallest absolute Gasteiger partial charge is 0.217 e. The Hall–Kier alpha value is -2.80. The van der Waals surface area contributed by atoms with E-state index in [1.807, 2.05) is 24.3 Å². The van der Waals surface area contributed by atoms with Crippen molar-refractivity contribution in [2.75, 3.05) is 50.8 Å². The molecule has 6 nitrogen and oxygen atoms in total. The normalized spacial score (nSPS) is 20.3. The number of ether oxygens (including phenoxy) is 2. The van der Waals surface area contributed by atoms with Gasteiger partial charge in [-0.2, -0.15) is 0 Å². The van der Waals surface area contributed by atoms with Crippen molar-refractivity contribution < 1.29 is 18.7 Å². The van der Waals surface area contributed by atoms with Gasteiger partial charge in [0, 0.05) is 45.1 Å². The molecular formula is C30H40FN3O3. The number of carbonyl (C=O) groups excluding carboxylic acids is 1. The number of piperazine rings is 1. The number of anilines is 1. The van der Waals surface area contributed by atoms with Gasteiger partial charge in [0.15, 0.2) is 11.5 Å². The minimum Gasteiger partial charge on any atom is -0.486 e. The quantitative estimate of drug-likeness (QED) is 0.544. The van der Waals surface area contributed by atoms with Crippen LogP contribution in [-0.4, -0.2) is 62.8 Å². The Morgan fingerprint density at radius 3 is 2.51 bits per heavy atom. The lowest BCUT2D eigenvalue weighted by molar-refractivity contribution is -0.120. The molecule has 1 saturated carbocycles. The predicted octanol–water partition coefficient (Wildman–Crippen LogP) is 4.98. The zero-order chi connectivity index (χ0) is 25.6. The molecule has 2 aromatic carbocycles. The minimum atomic E-state index is -0.167. The maximum absolute atomic E-state index is 15.1. The largest absolute Gasteiger partial charge is 0.486 e. The van der Waals surface area contributed by atoms with E-state index in [-0.39, 0.29) is 23.7 Å². The van der Waals surface area contributed by atoms with Gasteiger partial charge >= 0.3 is 0 Å². The lowest BCUT2D eigenvalue weighted by Gasteiger charge is -2.40. The second-order valence-corrected chi connectivity index (χ2v) is 10.7. The van der Waals surface area contributed by atoms with Crippen LogP contribution < -0.4 is 19.7 Å². The molecule has 0 bridgehead atoms. The van der Waals surface area contributed by atoms with Gasteiger partial charge in [0.25, 0.3) is 0 Å². The van der Waals surface area contributed by atoms with E-state index in [0.29, 0.717) is 19.1 Å². The molecule has 1 saturated heterocycles. The lowest BCUT2D eigenvalue weighted by Crippen LogP contribution is -2.48. The van der Waals surface area contributed by atoms with Crippen LogP contribution in [0.2, 0.25) is 0 Å². The molecule has 2 fully saturated rings. The first-order valence-corrected chi connectivity index (χ1v) is 14.0. The molecule has 2 atom stereocenters. The van der Waals surface area contributed by atoms with Crippen molar-refractivity contribution in [1.29, 1.82) is 0 Å². The molecule has 1 aliphatic carbocycles. The van der Waals surface area contributed by atoms with Crippen LogP contribution >= 0.6 is 0 Å². The van der Waals surface area contributed by atoms with Crippen LogP contribution in [0.3, 0.4) is 0 Å². The molecule has 0 radical (unpaired) electrons. The van der Waals surface area contributed by atoms with Crippen LogP contribution in [0.1, 0.15) is 56.9 Å². The van der Waals surface area contributed by atoms with Crippen LogP contribution in [0.5, 0.6) is 11.5 Å². The molecule has 2 aliphatic heterocycles. The Morgan fingerprint density at radius 1 is 1.00 bits per heavy atom. The lowest BCUT2D eigenvalue weighted by atomic mass is 9.75. The maximum Gasteiger partial charge on any atom is 0.217 e. The third-order valence-corrected chi connectivity index (χ3v) is 8.28. The van der Waals surface area contributed by atoms with E-state index in [0.717, 1.165) is 74.7 Å². The second-order valence-electron chi connectivity index (χ2n) is 10.7. The summed E-state index contributed by atoms with van der Waals surface area (Å²) in [5.74, 6) is 1.84. The van der Waals surface area contributed by atoms with Crippen LogP contribution in [-0.2, 0) is 4.79 Å². The zero-order valence-corrected chi connectivity index (χ0v) is 22.0. The molecular weight excluding hydrogens is 469 g/mol. The Bertz CT molecular complexity index is 1050. The SMILES string of the molecule is CC(=O)NC(C1CCCCC1)C(CCN1CCN(c2cccc3c2OCCO3)CC1)c1ccccc1F. The van der Waals surface area contributed by atoms with Crippen molar-refractivity contribution >= 4 is 11.6 Å². The number of fused-ring (bicyclic) bond motifs is 1. The van der Waals surface area contributed by atoms with Gasteiger partial charge in [-0.05, 0) is 55.5 Å². The van der Waals surface area contributed by atoms with Crippen LogP contribution in [0, 0.1) is 11.7 Å². The van der Waals surface area contributed by atoms with Crippen molar-refractivity contribution in [2.24, 2.45) is 5.92 Å². The molecule has 2 aromatic rings. The average Bonchev–Trinajstić information content (AvgIpc) is 2.94. The summed E-state index contributed by atoms with van der Waals surface area (Å²) < 4.78 is 26.8. The van der Waals surface area contributed by atoms with Gasteiger partial charge in [0.2, 0.25) is 5.91 Å². The van der Waals surface area contributed by atoms with Gasteiger partial charge in [0.1, 0.15) is 19.0 Å². The number of halogens is 1. The average molecular weight is 510 g/mol. The van der Waals surface area contributed by atoms with Gasteiger partial charge in [-0.15, -0.1) is 0 Å². The van der Waals surface area contributed by atoms with E-state index in [1.54, 1.807) is 19.1 Å². The van der Waals surface area contributed by atoms with E-state index >= 15 is 4.39 Å². The monoisotopic (exact) mass is 509 g/mol. The highest BCUT2D eigenvalue weighted by Gasteiger charge is 2.34. The van der Waals surface area contributed by atoms with Gasteiger partial charge in [-0.25, -0.2) is 4.39 Å². The Balaban J connectivity index is 1.27. The Morgan fingerprint density at radius 2 is 1.76 bits per heavy atom. The number of hydrogen-bond acceptors (Lipinski definition) is 5. The second kappa shape index (κ2) is 12.2. The van der Waals surface area contributed by atoms with E-state index in [1.165, 1.54) is 19.3 Å². The first kappa shape index (κ1) is 25.8. The molecule has 2 unspecified atom stereocenters. The highest BCUT2D eigenvalue weighted by atomic mass is 19.1. The molecule has 200 valence electrons. The summed E-state index contributed by atoms with van der Waals surface area (Å²) in [4.78, 5) is 17.1. The number of hydrogen-bond donors (Lipinski definition) is 1. The van der Waals surface area contributed by atoms with Gasteiger partial charge < -0.3 is 19.7 Å². The summed E-state index contributed by atoms with van der Waals surface area (Å²) in [7, 11) is 0. The Labute approximate surface area is 220 Å². The molecule has 7 heteroatoms. The highest BCUT2D eigenvalue weighted by Crippen LogP contribution is 2.40. The van der Waals surface area contributed by atoms with E-state index < -0.39 is 0 Å². The highest BCUT2D eigenvalue weighted by molar-refractivity contribution is 5.73.